The number of likely N-dealkylation sites (N-methyl/N-ethyl adjacent to an activating group) is 1. The minimum atomic E-state index is 0. The lowest BCUT2D eigenvalue weighted by Crippen LogP contribution is -2.55. The minimum Gasteiger partial charge on any atom is -0.374 e. The maximum absolute atomic E-state index is 5.89. The molecule has 3 aliphatic rings. The number of nitrogens with one attached hydrogen (secondary N) is 2. The summed E-state index contributed by atoms with van der Waals surface area (Å²) in [5.41, 5.74) is 0.294. The predicted molar refractivity (Wildman–Crippen MR) is 128 cm³/mol. The van der Waals surface area contributed by atoms with Crippen LogP contribution in [0.25, 0.3) is 0 Å². The topological polar surface area (TPSA) is 52.1 Å². The van der Waals surface area contributed by atoms with Crippen molar-refractivity contribution < 1.29 is 4.74 Å². The lowest BCUT2D eigenvalue weighted by molar-refractivity contribution is -0.0161. The van der Waals surface area contributed by atoms with Gasteiger partial charge in [0.05, 0.1) is 19.3 Å². The van der Waals surface area contributed by atoms with Gasteiger partial charge in [0.15, 0.2) is 5.96 Å². The van der Waals surface area contributed by atoms with Gasteiger partial charge in [-0.1, -0.05) is 25.7 Å². The second-order valence-electron chi connectivity index (χ2n) is 8.66. The molecule has 0 aromatic heterocycles. The van der Waals surface area contributed by atoms with Crippen molar-refractivity contribution in [3.8, 4) is 0 Å². The zero-order valence-electron chi connectivity index (χ0n) is 18.0. The molecule has 164 valence electrons. The van der Waals surface area contributed by atoms with Crippen LogP contribution in [0, 0.1) is 0 Å². The number of halogens is 1. The Kier molecular flexibility index (Phi) is 10.8. The molecule has 6 nitrogen and oxygen atoms in total. The van der Waals surface area contributed by atoms with Gasteiger partial charge in [0.2, 0.25) is 0 Å². The molecule has 3 fully saturated rings. The molecule has 7 heteroatoms. The first kappa shape index (κ1) is 24.2. The largest absolute Gasteiger partial charge is 0.374 e. The van der Waals surface area contributed by atoms with Gasteiger partial charge in [-0.2, -0.15) is 0 Å². The predicted octanol–water partition coefficient (Wildman–Crippen LogP) is 2.68. The molecule has 1 unspecified atom stereocenters. The van der Waals surface area contributed by atoms with E-state index in [1.165, 1.54) is 64.5 Å². The van der Waals surface area contributed by atoms with Crippen LogP contribution in [0.2, 0.25) is 0 Å². The van der Waals surface area contributed by atoms with E-state index in [-0.39, 0.29) is 30.1 Å². The Morgan fingerprint density at radius 1 is 1.04 bits per heavy atom. The molecular weight excluding hydrogens is 465 g/mol. The fraction of sp³-hybridized carbons (Fsp3) is 0.952. The third kappa shape index (κ3) is 6.99. The Morgan fingerprint density at radius 2 is 1.75 bits per heavy atom. The molecule has 2 N–H and O–H groups in total. The number of hydrogen-bond acceptors (Lipinski definition) is 4. The number of piperidine rings is 1. The van der Waals surface area contributed by atoms with Gasteiger partial charge in [0.25, 0.3) is 0 Å². The number of likely N-dealkylation sites (tertiary alicyclic amines) is 1. The standard InChI is InChI=1S/C21H41N5O.HI/c1-3-22-20(23-16-19-17-25(2)14-15-27-19)24-18-21(10-6-4-7-11-21)26-12-8-5-9-13-26;/h19H,3-18H2,1-2H3,(H2,22,23,24);1H. The molecule has 1 atom stereocenters. The number of morpholine rings is 1. The Balaban J connectivity index is 0.00000280. The Hall–Kier alpha value is -0.120. The van der Waals surface area contributed by atoms with E-state index in [0.29, 0.717) is 5.54 Å². The Morgan fingerprint density at radius 3 is 2.43 bits per heavy atom. The van der Waals surface area contributed by atoms with Crippen molar-refractivity contribution >= 4 is 29.9 Å². The highest BCUT2D eigenvalue weighted by atomic mass is 127. The van der Waals surface area contributed by atoms with Crippen LogP contribution in [-0.4, -0.2) is 86.9 Å². The van der Waals surface area contributed by atoms with E-state index >= 15 is 0 Å². The molecule has 0 aromatic carbocycles. The number of guanidine groups is 1. The smallest absolute Gasteiger partial charge is 0.191 e. The van der Waals surface area contributed by atoms with E-state index in [1.807, 2.05) is 0 Å². The van der Waals surface area contributed by atoms with E-state index in [1.54, 1.807) is 0 Å². The summed E-state index contributed by atoms with van der Waals surface area (Å²) >= 11 is 0. The van der Waals surface area contributed by atoms with E-state index in [4.69, 9.17) is 9.73 Å². The summed E-state index contributed by atoms with van der Waals surface area (Å²) in [6.45, 7) is 10.2. The van der Waals surface area contributed by atoms with E-state index in [9.17, 15) is 0 Å². The molecular formula is C21H42IN5O. The van der Waals surface area contributed by atoms with Gasteiger partial charge >= 0.3 is 0 Å². The molecule has 2 aliphatic heterocycles. The van der Waals surface area contributed by atoms with E-state index in [2.05, 4.69) is 34.4 Å². The summed E-state index contributed by atoms with van der Waals surface area (Å²) in [5, 5.41) is 6.98. The maximum Gasteiger partial charge on any atom is 0.191 e. The van der Waals surface area contributed by atoms with Crippen molar-refractivity contribution in [1.29, 1.82) is 0 Å². The first-order chi connectivity index (χ1) is 13.2. The van der Waals surface area contributed by atoms with Gasteiger partial charge < -0.3 is 20.3 Å². The molecule has 0 spiro atoms. The number of ether oxygens (including phenoxy) is 1. The molecule has 2 saturated heterocycles. The van der Waals surface area contributed by atoms with Gasteiger partial charge in [0, 0.05) is 31.7 Å². The van der Waals surface area contributed by atoms with Crippen molar-refractivity contribution in [3.63, 3.8) is 0 Å². The molecule has 1 saturated carbocycles. The number of hydrogen-bond donors (Lipinski definition) is 2. The molecule has 3 rings (SSSR count). The lowest BCUT2D eigenvalue weighted by Gasteiger charge is -2.47. The van der Waals surface area contributed by atoms with Gasteiger partial charge in [-0.3, -0.25) is 9.89 Å². The van der Waals surface area contributed by atoms with Crippen LogP contribution in [-0.2, 0) is 4.74 Å². The molecule has 0 bridgehead atoms. The lowest BCUT2D eigenvalue weighted by atomic mass is 9.79. The van der Waals surface area contributed by atoms with Crippen LogP contribution in [0.1, 0.15) is 58.3 Å². The summed E-state index contributed by atoms with van der Waals surface area (Å²) in [5.74, 6) is 0.955. The van der Waals surface area contributed by atoms with Crippen LogP contribution in [0.5, 0.6) is 0 Å². The summed E-state index contributed by atoms with van der Waals surface area (Å²) in [6.07, 6.45) is 11.1. The summed E-state index contributed by atoms with van der Waals surface area (Å²) in [4.78, 5) is 10.2. The second-order valence-corrected chi connectivity index (χ2v) is 8.66. The summed E-state index contributed by atoms with van der Waals surface area (Å²) < 4.78 is 5.89. The molecule has 0 aromatic rings. The van der Waals surface area contributed by atoms with E-state index in [0.717, 1.165) is 45.3 Å². The molecule has 0 radical (unpaired) electrons. The van der Waals surface area contributed by atoms with Crippen LogP contribution in [0.4, 0.5) is 0 Å². The third-order valence-electron chi connectivity index (χ3n) is 6.53. The highest BCUT2D eigenvalue weighted by Crippen LogP contribution is 2.35. The second kappa shape index (κ2) is 12.5. The van der Waals surface area contributed by atoms with Gasteiger partial charge in [-0.15, -0.1) is 24.0 Å². The average molecular weight is 508 g/mol. The van der Waals surface area contributed by atoms with Gasteiger partial charge in [-0.25, -0.2) is 0 Å². The Bertz CT molecular complexity index is 464. The van der Waals surface area contributed by atoms with Gasteiger partial charge in [0.1, 0.15) is 0 Å². The first-order valence-corrected chi connectivity index (χ1v) is 11.3. The summed E-state index contributed by atoms with van der Waals surface area (Å²) in [7, 11) is 2.17. The Labute approximate surface area is 189 Å². The quantitative estimate of drug-likeness (QED) is 0.329. The fourth-order valence-corrected chi connectivity index (χ4v) is 4.92. The molecule has 1 aliphatic carbocycles. The third-order valence-corrected chi connectivity index (χ3v) is 6.53. The first-order valence-electron chi connectivity index (χ1n) is 11.3. The molecule has 28 heavy (non-hydrogen) atoms. The van der Waals surface area contributed by atoms with Crippen LogP contribution in [0.3, 0.4) is 0 Å². The average Bonchev–Trinajstić information content (AvgIpc) is 2.71. The fourth-order valence-electron chi connectivity index (χ4n) is 4.92. The van der Waals surface area contributed by atoms with Crippen molar-refractivity contribution in [2.75, 3.05) is 59.5 Å². The zero-order chi connectivity index (χ0) is 19.0. The monoisotopic (exact) mass is 507 g/mol. The highest BCUT2D eigenvalue weighted by Gasteiger charge is 2.38. The number of nitrogens with zero attached hydrogens (tertiary/aromatic N) is 3. The maximum atomic E-state index is 5.89. The summed E-state index contributed by atoms with van der Waals surface area (Å²) in [6, 6.07) is 0. The van der Waals surface area contributed by atoms with Crippen LogP contribution < -0.4 is 10.6 Å². The highest BCUT2D eigenvalue weighted by molar-refractivity contribution is 14.0. The van der Waals surface area contributed by atoms with Crippen LogP contribution >= 0.6 is 24.0 Å². The van der Waals surface area contributed by atoms with Crippen molar-refractivity contribution in [1.82, 2.24) is 20.4 Å². The van der Waals surface area contributed by atoms with E-state index < -0.39 is 0 Å². The molecule has 2 heterocycles. The normalized spacial score (nSPS) is 27.1. The van der Waals surface area contributed by atoms with Crippen molar-refractivity contribution in [3.05, 3.63) is 0 Å². The zero-order valence-corrected chi connectivity index (χ0v) is 20.4. The van der Waals surface area contributed by atoms with Crippen molar-refractivity contribution in [2.24, 2.45) is 4.99 Å². The van der Waals surface area contributed by atoms with Crippen molar-refractivity contribution in [2.45, 2.75) is 69.9 Å². The van der Waals surface area contributed by atoms with Crippen LogP contribution in [0.15, 0.2) is 4.99 Å². The van der Waals surface area contributed by atoms with Gasteiger partial charge in [-0.05, 0) is 52.7 Å². The SMILES string of the molecule is CCNC(=NCC1(N2CCCCC2)CCCCC1)NCC1CN(C)CCO1.I. The number of aliphatic imine (C=N–C) groups is 1. The minimum absolute atomic E-state index is 0. The number of rotatable bonds is 6. The molecule has 0 amide bonds.